The molecule has 5 rings (SSSR count). The van der Waals surface area contributed by atoms with Crippen molar-refractivity contribution in [1.29, 1.82) is 0 Å². The summed E-state index contributed by atoms with van der Waals surface area (Å²) in [7, 11) is 0. The molecule has 0 aromatic carbocycles. The van der Waals surface area contributed by atoms with Crippen LogP contribution in [0.15, 0.2) is 49.9 Å². The number of nitrogens with zero attached hydrogens (tertiary/aromatic N) is 10. The zero-order chi connectivity index (χ0) is 32.3. The summed E-state index contributed by atoms with van der Waals surface area (Å²) in [5.41, 5.74) is 0. The number of carboxylic acid groups (broad SMARTS) is 4. The molecule has 0 aromatic heterocycles. The minimum atomic E-state index is -1.82. The van der Waals surface area contributed by atoms with Crippen molar-refractivity contribution >= 4 is 116 Å². The zero-order valence-electron chi connectivity index (χ0n) is 20.2. The fourth-order valence-electron chi connectivity index (χ4n) is 1.14. The highest BCUT2D eigenvalue weighted by Crippen LogP contribution is 1.84. The summed E-state index contributed by atoms with van der Waals surface area (Å²) < 4.78 is 0. The van der Waals surface area contributed by atoms with E-state index in [2.05, 4.69) is 49.9 Å². The van der Waals surface area contributed by atoms with E-state index in [9.17, 15) is 24.0 Å². The van der Waals surface area contributed by atoms with Crippen LogP contribution in [0.4, 0.5) is 24.0 Å². The molecular formula is C19H14N10O13. The average molecular weight is 590 g/mol. The van der Waals surface area contributed by atoms with Crippen LogP contribution in [0.2, 0.25) is 0 Å². The summed E-state index contributed by atoms with van der Waals surface area (Å²) in [5.74, 6) is -7.30. The Hall–Kier alpha value is -7.07. The van der Waals surface area contributed by atoms with Gasteiger partial charge in [-0.05, 0) is 0 Å². The Bertz CT molecular complexity index is 1080. The van der Waals surface area contributed by atoms with Crippen LogP contribution in [0.25, 0.3) is 0 Å². The first-order valence-corrected chi connectivity index (χ1v) is 9.72. The van der Waals surface area contributed by atoms with E-state index in [1.54, 1.807) is 0 Å². The molecule has 0 aliphatic carbocycles. The van der Waals surface area contributed by atoms with Gasteiger partial charge in [0.1, 0.15) is 0 Å². The van der Waals surface area contributed by atoms with Crippen molar-refractivity contribution in [3.63, 3.8) is 0 Å². The molecule has 23 nitrogen and oxygen atoms in total. The summed E-state index contributed by atoms with van der Waals surface area (Å²) in [6, 6.07) is -2.04. The Labute approximate surface area is 230 Å². The van der Waals surface area contributed by atoms with E-state index in [1.807, 2.05) is 0 Å². The van der Waals surface area contributed by atoms with Gasteiger partial charge in [0.25, 0.3) is 0 Å². The fraction of sp³-hybridized carbons (Fsp3) is 0. The fourth-order valence-corrected chi connectivity index (χ4v) is 1.14. The van der Waals surface area contributed by atoms with Crippen LogP contribution in [0.5, 0.6) is 0 Å². The van der Waals surface area contributed by atoms with E-state index in [0.717, 1.165) is 0 Å². The third-order valence-electron chi connectivity index (χ3n) is 2.55. The van der Waals surface area contributed by atoms with Crippen LogP contribution in [0.3, 0.4) is 0 Å². The van der Waals surface area contributed by atoms with E-state index in [-0.39, 0.29) is 0 Å². The molecule has 5 aliphatic rings. The Balaban J connectivity index is 0. The van der Waals surface area contributed by atoms with Gasteiger partial charge in [-0.15, -0.1) is 0 Å². The number of carbonyl (C=O) groups excluding carboxylic acids is 5. The van der Waals surface area contributed by atoms with Crippen LogP contribution < -0.4 is 0 Å². The molecule has 4 N–H and O–H groups in total. The van der Waals surface area contributed by atoms with E-state index in [1.165, 1.54) is 62.1 Å². The quantitative estimate of drug-likeness (QED) is 0.262. The lowest BCUT2D eigenvalue weighted by molar-refractivity contribution is -0.159. The highest BCUT2D eigenvalue weighted by Gasteiger charge is 2.04. The number of aliphatic carboxylic acids is 4. The molecule has 0 saturated heterocycles. The average Bonchev–Trinajstić information content (AvgIpc) is 3.75. The van der Waals surface area contributed by atoms with E-state index in [4.69, 9.17) is 39.6 Å². The molecule has 10 amide bonds. The van der Waals surface area contributed by atoms with Gasteiger partial charge in [-0.2, -0.15) is 49.9 Å². The lowest BCUT2D eigenvalue weighted by atomic mass is 10.7. The lowest BCUT2D eigenvalue weighted by Gasteiger charge is -1.72. The van der Waals surface area contributed by atoms with Crippen molar-refractivity contribution in [2.75, 3.05) is 0 Å². The lowest BCUT2D eigenvalue weighted by Crippen LogP contribution is -2.09. The van der Waals surface area contributed by atoms with Crippen molar-refractivity contribution in [2.45, 2.75) is 0 Å². The summed E-state index contributed by atoms with van der Waals surface area (Å²) in [4.78, 5) is 118. The largest absolute Gasteiger partial charge is 0.473 e. The van der Waals surface area contributed by atoms with Crippen molar-refractivity contribution in [1.82, 2.24) is 0 Å². The maximum atomic E-state index is 9.85. The molecule has 0 bridgehead atoms. The van der Waals surface area contributed by atoms with E-state index >= 15 is 0 Å². The van der Waals surface area contributed by atoms with Crippen LogP contribution in [0.1, 0.15) is 0 Å². The Kier molecular flexibility index (Phi) is 20.4. The summed E-state index contributed by atoms with van der Waals surface area (Å²) in [6.45, 7) is 0. The topological polar surface area (TPSA) is 358 Å². The molecule has 0 saturated carbocycles. The van der Waals surface area contributed by atoms with Gasteiger partial charge in [-0.3, -0.25) is 0 Å². The highest BCUT2D eigenvalue weighted by atomic mass is 16.4. The molecule has 0 fully saturated rings. The summed E-state index contributed by atoms with van der Waals surface area (Å²) >= 11 is 0. The number of amides is 10. The van der Waals surface area contributed by atoms with Gasteiger partial charge >= 0.3 is 54.0 Å². The number of rotatable bonds is 0. The molecular weight excluding hydrogens is 576 g/mol. The third kappa shape index (κ3) is 26.0. The first-order chi connectivity index (χ1) is 19.8. The number of carbonyl (C=O) groups is 9. The maximum absolute atomic E-state index is 9.85. The van der Waals surface area contributed by atoms with Gasteiger partial charge in [0.2, 0.25) is 0 Å². The van der Waals surface area contributed by atoms with Gasteiger partial charge < -0.3 is 20.4 Å². The second kappa shape index (κ2) is 23.1. The number of carboxylic acids is 4. The van der Waals surface area contributed by atoms with Crippen molar-refractivity contribution in [2.24, 2.45) is 49.9 Å². The standard InChI is InChI=1S/5C3H2N2O.2C2H2O4/c5*6-3-4-1-2-5-3;2*3-1(4)2(5)6/h5*1-2H;2*(H,3,4)(H,5,6). The smallest absolute Gasteiger partial charge is 0.414 e. The second-order valence-electron chi connectivity index (χ2n) is 5.42. The molecule has 0 aromatic rings. The third-order valence-corrected chi connectivity index (χ3v) is 2.55. The molecule has 0 atom stereocenters. The predicted octanol–water partition coefficient (Wildman–Crippen LogP) is -0.381. The molecule has 23 heteroatoms. The molecule has 5 heterocycles. The van der Waals surface area contributed by atoms with Crippen LogP contribution in [0, 0.1) is 0 Å². The Morgan fingerprint density at radius 3 is 0.429 bits per heavy atom. The van der Waals surface area contributed by atoms with Crippen LogP contribution in [-0.4, -0.2) is 137 Å². The summed E-state index contributed by atoms with van der Waals surface area (Å²) in [5, 5.41) is 29.6. The van der Waals surface area contributed by atoms with Gasteiger partial charge in [0.15, 0.2) is 0 Å². The zero-order valence-corrected chi connectivity index (χ0v) is 20.2. The minimum absolute atomic E-state index is 0.407. The molecule has 0 spiro atoms. The van der Waals surface area contributed by atoms with Gasteiger partial charge in [0.05, 0.1) is 62.1 Å². The number of hydrogen-bond acceptors (Lipinski definition) is 9. The SMILES string of the molecule is O=C(O)C(=O)O.O=C(O)C(=O)O.O=C1N=CC=N1.O=C1N=CC=N1.O=C1N=CC=N1.O=C1N=CC=N1.O=C1N=CC=N1. The molecule has 0 unspecified atom stereocenters. The number of aliphatic imine (C=N–C) groups is 10. The first kappa shape index (κ1) is 37.1. The van der Waals surface area contributed by atoms with Gasteiger partial charge in [-0.25, -0.2) is 43.2 Å². The summed E-state index contributed by atoms with van der Waals surface area (Å²) in [6.07, 6.45) is 13.6. The Morgan fingerprint density at radius 2 is 0.405 bits per heavy atom. The van der Waals surface area contributed by atoms with Gasteiger partial charge in [0, 0.05) is 0 Å². The minimum Gasteiger partial charge on any atom is -0.473 e. The second-order valence-corrected chi connectivity index (χ2v) is 5.42. The highest BCUT2D eigenvalue weighted by molar-refractivity contribution is 6.28. The van der Waals surface area contributed by atoms with E-state index in [0.29, 0.717) is 0 Å². The molecule has 5 aliphatic heterocycles. The maximum Gasteiger partial charge on any atom is 0.414 e. The molecule has 218 valence electrons. The van der Waals surface area contributed by atoms with Crippen molar-refractivity contribution in [3.8, 4) is 0 Å². The monoisotopic (exact) mass is 590 g/mol. The number of hydrogen-bond donors (Lipinski definition) is 4. The van der Waals surface area contributed by atoms with E-state index < -0.39 is 54.0 Å². The van der Waals surface area contributed by atoms with Crippen LogP contribution in [-0.2, 0) is 19.2 Å². The van der Waals surface area contributed by atoms with Crippen molar-refractivity contribution < 1.29 is 63.6 Å². The first-order valence-electron chi connectivity index (χ1n) is 9.72. The van der Waals surface area contributed by atoms with Crippen LogP contribution >= 0.6 is 0 Å². The molecule has 42 heavy (non-hydrogen) atoms. The predicted molar refractivity (Wildman–Crippen MR) is 142 cm³/mol. The normalized spacial score (nSPS) is 14.2. The number of urea groups is 5. The Morgan fingerprint density at radius 1 is 0.310 bits per heavy atom. The van der Waals surface area contributed by atoms with Gasteiger partial charge in [-0.1, -0.05) is 0 Å². The van der Waals surface area contributed by atoms with Crippen molar-refractivity contribution in [3.05, 3.63) is 0 Å². The molecule has 0 radical (unpaired) electrons.